The largest absolute Gasteiger partial charge is 0.466 e. The molecule has 0 heterocycles. The Morgan fingerprint density at radius 2 is 1.28 bits per heavy atom. The van der Waals surface area contributed by atoms with Crippen LogP contribution in [0.5, 0.6) is 0 Å². The number of carbonyl (C=O) groups is 3. The van der Waals surface area contributed by atoms with Crippen LogP contribution < -0.4 is 0 Å². The molecule has 0 N–H and O–H groups in total. The van der Waals surface area contributed by atoms with E-state index < -0.39 is 12.1 Å². The average molecular weight is 357 g/mol. The molecule has 0 amide bonds. The second-order valence-electron chi connectivity index (χ2n) is 6.65. The first-order valence-corrected chi connectivity index (χ1v) is 9.83. The van der Waals surface area contributed by atoms with Crippen molar-refractivity contribution in [3.63, 3.8) is 0 Å². The molecule has 25 heavy (non-hydrogen) atoms. The van der Waals surface area contributed by atoms with E-state index in [4.69, 9.17) is 9.47 Å². The molecule has 1 atom stereocenters. The lowest BCUT2D eigenvalue weighted by Crippen LogP contribution is -2.21. The van der Waals surface area contributed by atoms with Gasteiger partial charge >= 0.3 is 11.9 Å². The van der Waals surface area contributed by atoms with Gasteiger partial charge < -0.3 is 9.47 Å². The molecule has 5 nitrogen and oxygen atoms in total. The summed E-state index contributed by atoms with van der Waals surface area (Å²) in [6, 6.07) is 0. The zero-order valence-electron chi connectivity index (χ0n) is 16.3. The maximum atomic E-state index is 11.6. The Morgan fingerprint density at radius 1 is 0.760 bits per heavy atom. The summed E-state index contributed by atoms with van der Waals surface area (Å²) in [6.45, 7) is 5.60. The standard InChI is InChI=1S/C20H36O5/c1-4-5-6-7-8-9-10-11-12-16-24-19(22)14-13-15-20(23)25-18(3)17(2)21/h18H,4-16H2,1-3H3. The number of rotatable bonds is 16. The zero-order chi connectivity index (χ0) is 18.9. The number of carbonyl (C=O) groups excluding carboxylic acids is 3. The van der Waals surface area contributed by atoms with Crippen molar-refractivity contribution >= 4 is 17.7 Å². The van der Waals surface area contributed by atoms with Crippen LogP contribution >= 0.6 is 0 Å². The molecule has 0 saturated carbocycles. The smallest absolute Gasteiger partial charge is 0.306 e. The van der Waals surface area contributed by atoms with Gasteiger partial charge in [-0.1, -0.05) is 58.3 Å². The van der Waals surface area contributed by atoms with Gasteiger partial charge in [0.2, 0.25) is 0 Å². The summed E-state index contributed by atoms with van der Waals surface area (Å²) in [5.41, 5.74) is 0. The summed E-state index contributed by atoms with van der Waals surface area (Å²) in [5.74, 6) is -0.907. The SMILES string of the molecule is CCCCCCCCCCCOC(=O)CCCC(=O)OC(C)C(C)=O. The van der Waals surface area contributed by atoms with Gasteiger partial charge in [-0.2, -0.15) is 0 Å². The number of Topliss-reactive ketones (excluding diaryl/α,β-unsaturated/α-hetero) is 1. The lowest BCUT2D eigenvalue weighted by molar-refractivity contribution is -0.153. The Kier molecular flexibility index (Phi) is 15.2. The van der Waals surface area contributed by atoms with Gasteiger partial charge in [0.25, 0.3) is 0 Å². The minimum absolute atomic E-state index is 0.130. The summed E-state index contributed by atoms with van der Waals surface area (Å²) < 4.78 is 10.1. The van der Waals surface area contributed by atoms with Gasteiger partial charge in [-0.15, -0.1) is 0 Å². The number of hydrogen-bond donors (Lipinski definition) is 0. The topological polar surface area (TPSA) is 69.7 Å². The van der Waals surface area contributed by atoms with Crippen molar-refractivity contribution in [2.75, 3.05) is 6.61 Å². The molecule has 0 saturated heterocycles. The van der Waals surface area contributed by atoms with Crippen LogP contribution in [0.4, 0.5) is 0 Å². The van der Waals surface area contributed by atoms with Crippen LogP contribution in [0, 0.1) is 0 Å². The van der Waals surface area contributed by atoms with Crippen molar-refractivity contribution in [2.45, 2.75) is 104 Å². The van der Waals surface area contributed by atoms with E-state index in [0.29, 0.717) is 13.0 Å². The fraction of sp³-hybridized carbons (Fsp3) is 0.850. The van der Waals surface area contributed by atoms with Gasteiger partial charge in [0.15, 0.2) is 11.9 Å². The molecule has 5 heteroatoms. The van der Waals surface area contributed by atoms with Crippen molar-refractivity contribution in [2.24, 2.45) is 0 Å². The summed E-state index contributed by atoms with van der Waals surface area (Å²) in [7, 11) is 0. The molecule has 0 aromatic rings. The van der Waals surface area contributed by atoms with E-state index in [1.165, 1.54) is 51.9 Å². The van der Waals surface area contributed by atoms with Crippen molar-refractivity contribution < 1.29 is 23.9 Å². The minimum Gasteiger partial charge on any atom is -0.466 e. The highest BCUT2D eigenvalue weighted by atomic mass is 16.5. The van der Waals surface area contributed by atoms with E-state index in [-0.39, 0.29) is 24.6 Å². The van der Waals surface area contributed by atoms with Crippen LogP contribution in [0.15, 0.2) is 0 Å². The van der Waals surface area contributed by atoms with Crippen molar-refractivity contribution in [3.05, 3.63) is 0 Å². The monoisotopic (exact) mass is 356 g/mol. The van der Waals surface area contributed by atoms with Gasteiger partial charge in [-0.05, 0) is 26.7 Å². The van der Waals surface area contributed by atoms with E-state index in [1.54, 1.807) is 6.92 Å². The predicted octanol–water partition coefficient (Wildman–Crippen LogP) is 4.75. The third kappa shape index (κ3) is 15.9. The van der Waals surface area contributed by atoms with Crippen LogP contribution in [-0.4, -0.2) is 30.4 Å². The van der Waals surface area contributed by atoms with Crippen molar-refractivity contribution in [1.82, 2.24) is 0 Å². The quantitative estimate of drug-likeness (QED) is 0.295. The van der Waals surface area contributed by atoms with Gasteiger partial charge in [0.1, 0.15) is 0 Å². The van der Waals surface area contributed by atoms with Gasteiger partial charge in [0.05, 0.1) is 6.61 Å². The van der Waals surface area contributed by atoms with E-state index in [1.807, 2.05) is 0 Å². The first kappa shape index (κ1) is 23.6. The Morgan fingerprint density at radius 3 is 1.84 bits per heavy atom. The first-order valence-electron chi connectivity index (χ1n) is 9.83. The lowest BCUT2D eigenvalue weighted by atomic mass is 10.1. The molecule has 0 fully saturated rings. The number of ether oxygens (including phenoxy) is 2. The van der Waals surface area contributed by atoms with Crippen molar-refractivity contribution in [1.29, 1.82) is 0 Å². The Labute approximate surface area is 152 Å². The van der Waals surface area contributed by atoms with Gasteiger partial charge in [0, 0.05) is 12.8 Å². The average Bonchev–Trinajstić information content (AvgIpc) is 2.56. The summed E-state index contributed by atoms with van der Waals surface area (Å²) in [5, 5.41) is 0. The molecular formula is C20H36O5. The molecule has 0 aliphatic carbocycles. The van der Waals surface area contributed by atoms with E-state index in [0.717, 1.165) is 12.8 Å². The lowest BCUT2D eigenvalue weighted by Gasteiger charge is -2.09. The molecule has 0 bridgehead atoms. The Hall–Kier alpha value is -1.39. The van der Waals surface area contributed by atoms with Crippen LogP contribution in [0.2, 0.25) is 0 Å². The molecule has 0 aromatic heterocycles. The normalized spacial score (nSPS) is 11.8. The molecule has 0 rings (SSSR count). The van der Waals surface area contributed by atoms with Crippen LogP contribution in [0.25, 0.3) is 0 Å². The molecule has 1 unspecified atom stereocenters. The number of ketones is 1. The number of esters is 2. The summed E-state index contributed by atoms with van der Waals surface area (Å²) >= 11 is 0. The number of unbranched alkanes of at least 4 members (excludes halogenated alkanes) is 8. The highest BCUT2D eigenvalue weighted by Crippen LogP contribution is 2.10. The summed E-state index contributed by atoms with van der Waals surface area (Å²) in [6.07, 6.45) is 11.1. The Balaban J connectivity index is 3.41. The third-order valence-electron chi connectivity index (χ3n) is 4.15. The second-order valence-corrected chi connectivity index (χ2v) is 6.65. The van der Waals surface area contributed by atoms with Crippen LogP contribution in [0.1, 0.15) is 97.8 Å². The predicted molar refractivity (Wildman–Crippen MR) is 98.3 cm³/mol. The summed E-state index contributed by atoms with van der Waals surface area (Å²) in [4.78, 5) is 34.0. The molecule has 0 radical (unpaired) electrons. The molecule has 0 aliphatic heterocycles. The first-order chi connectivity index (χ1) is 12.0. The molecule has 0 aromatic carbocycles. The minimum atomic E-state index is -0.717. The van der Waals surface area contributed by atoms with Gasteiger partial charge in [-0.25, -0.2) is 0 Å². The highest BCUT2D eigenvalue weighted by molar-refractivity contribution is 5.83. The zero-order valence-corrected chi connectivity index (χ0v) is 16.3. The van der Waals surface area contributed by atoms with E-state index in [9.17, 15) is 14.4 Å². The van der Waals surface area contributed by atoms with Gasteiger partial charge in [-0.3, -0.25) is 14.4 Å². The second kappa shape index (κ2) is 16.1. The molecule has 0 aliphatic rings. The van der Waals surface area contributed by atoms with Crippen molar-refractivity contribution in [3.8, 4) is 0 Å². The fourth-order valence-electron chi connectivity index (χ4n) is 2.39. The maximum absolute atomic E-state index is 11.6. The van der Waals surface area contributed by atoms with E-state index in [2.05, 4.69) is 6.92 Å². The fourth-order valence-corrected chi connectivity index (χ4v) is 2.39. The Bertz CT molecular complexity index is 378. The number of hydrogen-bond acceptors (Lipinski definition) is 5. The molecular weight excluding hydrogens is 320 g/mol. The van der Waals surface area contributed by atoms with Crippen LogP contribution in [-0.2, 0) is 23.9 Å². The molecule has 146 valence electrons. The molecule has 0 spiro atoms. The maximum Gasteiger partial charge on any atom is 0.306 e. The van der Waals surface area contributed by atoms with Crippen LogP contribution in [0.3, 0.4) is 0 Å². The highest BCUT2D eigenvalue weighted by Gasteiger charge is 2.14. The van der Waals surface area contributed by atoms with E-state index >= 15 is 0 Å². The third-order valence-corrected chi connectivity index (χ3v) is 4.15.